The van der Waals surface area contributed by atoms with Gasteiger partial charge in [-0.2, -0.15) is 4.31 Å². The fourth-order valence-corrected chi connectivity index (χ4v) is 4.47. The van der Waals surface area contributed by atoms with Crippen molar-refractivity contribution in [1.29, 1.82) is 0 Å². The molecule has 0 atom stereocenters. The van der Waals surface area contributed by atoms with E-state index in [1.165, 1.54) is 4.31 Å². The predicted molar refractivity (Wildman–Crippen MR) is 126 cm³/mol. The Labute approximate surface area is 191 Å². The molecule has 0 unspecified atom stereocenters. The standard InChI is InChI=1S/C19H32N4O4S.HI/c1-3-26-12-6-9-21-19(20-2)22-15-17-7-4-5-8-18(17)16-28(24,25)23-10-13-27-14-11-23;/h4-5,7-8H,3,6,9-16H2,1-2H3,(H2,20,21,22);1H. The van der Waals surface area contributed by atoms with Crippen LogP contribution in [-0.2, 0) is 31.8 Å². The van der Waals surface area contributed by atoms with Crippen molar-refractivity contribution >= 4 is 40.0 Å². The fraction of sp³-hybridized carbons (Fsp3) is 0.632. The summed E-state index contributed by atoms with van der Waals surface area (Å²) in [5, 5.41) is 6.49. The van der Waals surface area contributed by atoms with E-state index in [9.17, 15) is 8.42 Å². The van der Waals surface area contributed by atoms with Crippen molar-refractivity contribution in [1.82, 2.24) is 14.9 Å². The van der Waals surface area contributed by atoms with Gasteiger partial charge in [0.25, 0.3) is 0 Å². The molecule has 1 aromatic carbocycles. The van der Waals surface area contributed by atoms with Gasteiger partial charge in [0.05, 0.1) is 19.0 Å². The van der Waals surface area contributed by atoms with E-state index >= 15 is 0 Å². The van der Waals surface area contributed by atoms with Gasteiger partial charge >= 0.3 is 0 Å². The topological polar surface area (TPSA) is 92.3 Å². The molecular formula is C19H33IN4O4S. The van der Waals surface area contributed by atoms with Crippen LogP contribution in [0.15, 0.2) is 29.3 Å². The number of morpholine rings is 1. The molecule has 1 fully saturated rings. The highest BCUT2D eigenvalue weighted by atomic mass is 127. The Morgan fingerprint density at radius 2 is 1.90 bits per heavy atom. The van der Waals surface area contributed by atoms with Crippen LogP contribution in [0.5, 0.6) is 0 Å². The first-order valence-corrected chi connectivity index (χ1v) is 11.3. The summed E-state index contributed by atoms with van der Waals surface area (Å²) in [4.78, 5) is 4.21. The molecule has 2 N–H and O–H groups in total. The molecular weight excluding hydrogens is 507 g/mol. The number of rotatable bonds is 10. The van der Waals surface area contributed by atoms with E-state index in [1.54, 1.807) is 7.05 Å². The van der Waals surface area contributed by atoms with Crippen LogP contribution in [0, 0.1) is 0 Å². The normalized spacial score (nSPS) is 15.6. The molecule has 1 aromatic rings. The van der Waals surface area contributed by atoms with E-state index in [1.807, 2.05) is 31.2 Å². The number of benzene rings is 1. The van der Waals surface area contributed by atoms with Crippen LogP contribution < -0.4 is 10.6 Å². The number of aliphatic imine (C=N–C) groups is 1. The number of ether oxygens (including phenoxy) is 2. The maximum absolute atomic E-state index is 12.7. The predicted octanol–water partition coefficient (Wildman–Crippen LogP) is 1.56. The van der Waals surface area contributed by atoms with Crippen molar-refractivity contribution in [3.05, 3.63) is 35.4 Å². The van der Waals surface area contributed by atoms with Gasteiger partial charge < -0.3 is 20.1 Å². The van der Waals surface area contributed by atoms with Crippen molar-refractivity contribution in [2.24, 2.45) is 4.99 Å². The molecule has 0 amide bonds. The first-order valence-electron chi connectivity index (χ1n) is 9.71. The minimum Gasteiger partial charge on any atom is -0.382 e. The highest BCUT2D eigenvalue weighted by Gasteiger charge is 2.25. The quantitative estimate of drug-likeness (QED) is 0.203. The average Bonchev–Trinajstić information content (AvgIpc) is 2.71. The van der Waals surface area contributed by atoms with Gasteiger partial charge in [-0.05, 0) is 24.5 Å². The molecule has 2 rings (SSSR count). The number of sulfonamides is 1. The van der Waals surface area contributed by atoms with Crippen molar-refractivity contribution in [3.63, 3.8) is 0 Å². The summed E-state index contributed by atoms with van der Waals surface area (Å²) in [5.74, 6) is 0.674. The van der Waals surface area contributed by atoms with E-state index in [0.29, 0.717) is 45.4 Å². The maximum atomic E-state index is 12.7. The second-order valence-corrected chi connectivity index (χ2v) is 8.41. The fourth-order valence-electron chi connectivity index (χ4n) is 2.91. The summed E-state index contributed by atoms with van der Waals surface area (Å²) in [5.41, 5.74) is 1.74. The molecule has 0 aliphatic carbocycles. The molecule has 10 heteroatoms. The lowest BCUT2D eigenvalue weighted by Crippen LogP contribution is -2.41. The third kappa shape index (κ3) is 9.16. The second-order valence-electron chi connectivity index (χ2n) is 6.44. The molecule has 1 aliphatic heterocycles. The van der Waals surface area contributed by atoms with Crippen LogP contribution in [0.2, 0.25) is 0 Å². The van der Waals surface area contributed by atoms with E-state index in [0.717, 1.165) is 30.7 Å². The lowest BCUT2D eigenvalue weighted by atomic mass is 10.1. The lowest BCUT2D eigenvalue weighted by molar-refractivity contribution is 0.0729. The number of guanidine groups is 1. The Bertz CT molecular complexity index is 725. The Balaban J connectivity index is 0.00000420. The minimum absolute atomic E-state index is 0. The molecule has 1 heterocycles. The van der Waals surface area contributed by atoms with Crippen LogP contribution in [0.1, 0.15) is 24.5 Å². The van der Waals surface area contributed by atoms with Crippen LogP contribution in [-0.4, -0.2) is 71.8 Å². The third-order valence-corrected chi connectivity index (χ3v) is 6.28. The molecule has 1 saturated heterocycles. The number of nitrogens with one attached hydrogen (secondary N) is 2. The summed E-state index contributed by atoms with van der Waals surface area (Å²) in [7, 11) is -1.65. The first-order chi connectivity index (χ1) is 13.6. The van der Waals surface area contributed by atoms with Crippen molar-refractivity contribution in [2.75, 3.05) is 53.1 Å². The van der Waals surface area contributed by atoms with Gasteiger partial charge in [-0.15, -0.1) is 24.0 Å². The molecule has 1 aliphatic rings. The van der Waals surface area contributed by atoms with E-state index < -0.39 is 10.0 Å². The average molecular weight is 540 g/mol. The molecule has 0 aromatic heterocycles. The summed E-state index contributed by atoms with van der Waals surface area (Å²) in [6, 6.07) is 7.60. The van der Waals surface area contributed by atoms with Crippen LogP contribution in [0.25, 0.3) is 0 Å². The van der Waals surface area contributed by atoms with Crippen molar-refractivity contribution in [3.8, 4) is 0 Å². The Hall–Kier alpha value is -0.950. The summed E-state index contributed by atoms with van der Waals surface area (Å²) >= 11 is 0. The number of halogens is 1. The lowest BCUT2D eigenvalue weighted by Gasteiger charge is -2.26. The largest absolute Gasteiger partial charge is 0.382 e. The maximum Gasteiger partial charge on any atom is 0.218 e. The van der Waals surface area contributed by atoms with Crippen LogP contribution in [0.3, 0.4) is 0 Å². The van der Waals surface area contributed by atoms with Crippen molar-refractivity contribution < 1.29 is 17.9 Å². The second kappa shape index (κ2) is 14.1. The van der Waals surface area contributed by atoms with Crippen LogP contribution >= 0.6 is 24.0 Å². The zero-order valence-electron chi connectivity index (χ0n) is 17.2. The smallest absolute Gasteiger partial charge is 0.218 e. The monoisotopic (exact) mass is 540 g/mol. The van der Waals surface area contributed by atoms with E-state index in [-0.39, 0.29) is 29.7 Å². The molecule has 166 valence electrons. The summed E-state index contributed by atoms with van der Waals surface area (Å²) < 4.78 is 37.6. The SMILES string of the molecule is CCOCCCNC(=NC)NCc1ccccc1CS(=O)(=O)N1CCOCC1.I. The molecule has 0 saturated carbocycles. The van der Waals surface area contributed by atoms with Gasteiger partial charge in [0.1, 0.15) is 0 Å². The minimum atomic E-state index is -3.36. The third-order valence-electron chi connectivity index (χ3n) is 4.45. The highest BCUT2D eigenvalue weighted by molar-refractivity contribution is 14.0. The summed E-state index contributed by atoms with van der Waals surface area (Å²) in [6.07, 6.45) is 0.892. The van der Waals surface area contributed by atoms with Crippen molar-refractivity contribution in [2.45, 2.75) is 25.6 Å². The number of hydrogen-bond donors (Lipinski definition) is 2. The highest BCUT2D eigenvalue weighted by Crippen LogP contribution is 2.16. The van der Waals surface area contributed by atoms with E-state index in [2.05, 4.69) is 15.6 Å². The van der Waals surface area contributed by atoms with Gasteiger partial charge in [0.15, 0.2) is 5.96 Å². The van der Waals surface area contributed by atoms with Gasteiger partial charge in [-0.1, -0.05) is 24.3 Å². The van der Waals surface area contributed by atoms with Gasteiger partial charge in [0, 0.05) is 46.4 Å². The Morgan fingerprint density at radius 3 is 2.55 bits per heavy atom. The van der Waals surface area contributed by atoms with Gasteiger partial charge in [-0.3, -0.25) is 4.99 Å². The Morgan fingerprint density at radius 1 is 1.21 bits per heavy atom. The molecule has 0 bridgehead atoms. The zero-order valence-corrected chi connectivity index (χ0v) is 20.4. The molecule has 0 radical (unpaired) electrons. The molecule has 8 nitrogen and oxygen atoms in total. The zero-order chi connectivity index (χ0) is 20.2. The number of hydrogen-bond acceptors (Lipinski definition) is 5. The summed E-state index contributed by atoms with van der Waals surface area (Å²) in [6.45, 7) is 6.40. The van der Waals surface area contributed by atoms with Gasteiger partial charge in [-0.25, -0.2) is 8.42 Å². The first kappa shape index (κ1) is 26.1. The molecule has 29 heavy (non-hydrogen) atoms. The van der Waals surface area contributed by atoms with Gasteiger partial charge in [0.2, 0.25) is 10.0 Å². The van der Waals surface area contributed by atoms with Crippen LogP contribution in [0.4, 0.5) is 0 Å². The van der Waals surface area contributed by atoms with E-state index in [4.69, 9.17) is 9.47 Å². The Kier molecular flexibility index (Phi) is 12.7. The molecule has 0 spiro atoms. The number of nitrogens with zero attached hydrogens (tertiary/aromatic N) is 2.